The van der Waals surface area contributed by atoms with Crippen LogP contribution in [0.5, 0.6) is 0 Å². The molecular weight excluding hydrogens is 100 g/mol. The zero-order valence-electron chi connectivity index (χ0n) is 5.44. The van der Waals surface area contributed by atoms with Gasteiger partial charge in [0.2, 0.25) is 0 Å². The van der Waals surface area contributed by atoms with E-state index in [0.717, 1.165) is 0 Å². The van der Waals surface area contributed by atoms with Gasteiger partial charge in [-0.25, -0.2) is 4.99 Å². The van der Waals surface area contributed by atoms with Crippen molar-refractivity contribution in [2.24, 2.45) is 4.99 Å². The molecule has 2 heteroatoms. The lowest BCUT2D eigenvalue weighted by atomic mass is 10.4. The van der Waals surface area contributed by atoms with Crippen LogP contribution in [0.4, 0.5) is 0 Å². The smallest absolute Gasteiger partial charge is 0.118 e. The molecule has 46 valence electrons. The van der Waals surface area contributed by atoms with Gasteiger partial charge in [0.25, 0.3) is 0 Å². The quantitative estimate of drug-likeness (QED) is 0.544. The van der Waals surface area contributed by atoms with Crippen molar-refractivity contribution >= 4 is 6.72 Å². The molecule has 0 fully saturated rings. The Morgan fingerprint density at radius 3 is 2.25 bits per heavy atom. The first kappa shape index (κ1) is 7.21. The molecule has 0 bridgehead atoms. The Hall–Kier alpha value is -0.790. The monoisotopic (exact) mass is 112 g/mol. The molecule has 8 heavy (non-hydrogen) atoms. The Morgan fingerprint density at radius 2 is 2.12 bits per heavy atom. The zero-order chi connectivity index (χ0) is 6.57. The van der Waals surface area contributed by atoms with E-state index in [2.05, 4.69) is 23.6 Å². The molecule has 0 radical (unpaired) electrons. The van der Waals surface area contributed by atoms with Crippen molar-refractivity contribution in [3.05, 3.63) is 12.4 Å². The normalized spacial score (nSPS) is 8.88. The fourth-order valence-corrected chi connectivity index (χ4v) is 0.379. The van der Waals surface area contributed by atoms with Gasteiger partial charge in [-0.2, -0.15) is 0 Å². The average molecular weight is 112 g/mol. The van der Waals surface area contributed by atoms with E-state index in [1.165, 1.54) is 0 Å². The third-order valence-electron chi connectivity index (χ3n) is 0.646. The molecule has 0 unspecified atom stereocenters. The lowest BCUT2D eigenvalue weighted by molar-refractivity contribution is 0.667. The minimum Gasteiger partial charge on any atom is -0.368 e. The third-order valence-corrected chi connectivity index (χ3v) is 0.646. The largest absolute Gasteiger partial charge is 0.368 e. The van der Waals surface area contributed by atoms with Gasteiger partial charge in [0, 0.05) is 6.04 Å². The van der Waals surface area contributed by atoms with E-state index >= 15 is 0 Å². The van der Waals surface area contributed by atoms with Gasteiger partial charge in [-0.15, -0.1) is 0 Å². The second kappa shape index (κ2) is 3.24. The van der Waals surface area contributed by atoms with E-state index < -0.39 is 0 Å². The fourth-order valence-electron chi connectivity index (χ4n) is 0.379. The lowest BCUT2D eigenvalue weighted by Gasteiger charge is -2.06. The summed E-state index contributed by atoms with van der Waals surface area (Å²) in [7, 11) is 0. The minimum absolute atomic E-state index is 0.396. The number of hydrogen-bond donors (Lipinski definition) is 1. The Kier molecular flexibility index (Phi) is 2.92. The van der Waals surface area contributed by atoms with Gasteiger partial charge < -0.3 is 5.32 Å². The van der Waals surface area contributed by atoms with Crippen LogP contribution in [0.25, 0.3) is 0 Å². The molecule has 0 aromatic heterocycles. The van der Waals surface area contributed by atoms with Crippen molar-refractivity contribution in [2.75, 3.05) is 0 Å². The summed E-state index contributed by atoms with van der Waals surface area (Å²) in [5.41, 5.74) is 0. The first-order valence-corrected chi connectivity index (χ1v) is 2.59. The molecule has 0 aliphatic carbocycles. The summed E-state index contributed by atoms with van der Waals surface area (Å²) in [6.07, 6.45) is 0. The summed E-state index contributed by atoms with van der Waals surface area (Å²) in [6.45, 7) is 10.9. The molecule has 2 nitrogen and oxygen atoms in total. The molecule has 1 N–H and O–H groups in total. The van der Waals surface area contributed by atoms with Gasteiger partial charge in [-0.05, 0) is 20.6 Å². The van der Waals surface area contributed by atoms with Crippen LogP contribution in [-0.4, -0.2) is 12.8 Å². The highest BCUT2D eigenvalue weighted by Gasteiger charge is 1.88. The first-order chi connectivity index (χ1) is 3.66. The summed E-state index contributed by atoms with van der Waals surface area (Å²) in [4.78, 5) is 3.57. The van der Waals surface area contributed by atoms with Crippen molar-refractivity contribution in [3.8, 4) is 0 Å². The van der Waals surface area contributed by atoms with E-state index in [1.807, 2.05) is 13.8 Å². The maximum atomic E-state index is 3.57. The molecule has 0 aliphatic rings. The number of rotatable bonds is 3. The third kappa shape index (κ3) is 3.40. The van der Waals surface area contributed by atoms with Crippen molar-refractivity contribution in [1.82, 2.24) is 5.32 Å². The zero-order valence-corrected chi connectivity index (χ0v) is 5.44. The summed E-state index contributed by atoms with van der Waals surface area (Å²) in [5, 5.41) is 2.97. The van der Waals surface area contributed by atoms with Crippen LogP contribution < -0.4 is 5.32 Å². The summed E-state index contributed by atoms with van der Waals surface area (Å²) in [6, 6.07) is 0.396. The molecule has 0 amide bonds. The van der Waals surface area contributed by atoms with Gasteiger partial charge in [0.15, 0.2) is 0 Å². The van der Waals surface area contributed by atoms with Gasteiger partial charge in [-0.1, -0.05) is 6.58 Å². The number of nitrogens with one attached hydrogen (secondary N) is 1. The second-order valence-electron chi connectivity index (χ2n) is 1.90. The van der Waals surface area contributed by atoms with Crippen LogP contribution in [0, 0.1) is 0 Å². The van der Waals surface area contributed by atoms with E-state index in [9.17, 15) is 0 Å². The summed E-state index contributed by atoms with van der Waals surface area (Å²) >= 11 is 0. The Labute approximate surface area is 50.3 Å². The van der Waals surface area contributed by atoms with Crippen LogP contribution in [-0.2, 0) is 0 Å². The summed E-state index contributed by atoms with van der Waals surface area (Å²) in [5.74, 6) is 0.639. The van der Waals surface area contributed by atoms with Crippen molar-refractivity contribution in [2.45, 2.75) is 19.9 Å². The minimum atomic E-state index is 0.396. The highest BCUT2D eigenvalue weighted by atomic mass is 15.0. The Balaban J connectivity index is 3.39. The van der Waals surface area contributed by atoms with Gasteiger partial charge in [-0.3, -0.25) is 0 Å². The molecule has 0 rings (SSSR count). The van der Waals surface area contributed by atoms with Crippen molar-refractivity contribution in [1.29, 1.82) is 0 Å². The van der Waals surface area contributed by atoms with Gasteiger partial charge in [0.1, 0.15) is 5.82 Å². The van der Waals surface area contributed by atoms with Gasteiger partial charge >= 0.3 is 0 Å². The predicted octanol–water partition coefficient (Wildman–Crippen LogP) is 1.16. The molecule has 0 saturated heterocycles. The van der Waals surface area contributed by atoms with Crippen LogP contribution in [0.2, 0.25) is 0 Å². The van der Waals surface area contributed by atoms with E-state index in [4.69, 9.17) is 0 Å². The van der Waals surface area contributed by atoms with Crippen molar-refractivity contribution < 1.29 is 0 Å². The maximum absolute atomic E-state index is 3.57. The van der Waals surface area contributed by atoms with Crippen LogP contribution in [0.1, 0.15) is 13.8 Å². The average Bonchev–Trinajstić information content (AvgIpc) is 1.65. The van der Waals surface area contributed by atoms with Gasteiger partial charge in [0.05, 0.1) is 0 Å². The number of nitrogens with zero attached hydrogens (tertiary/aromatic N) is 1. The summed E-state index contributed by atoms with van der Waals surface area (Å²) < 4.78 is 0. The molecular formula is C6H12N2. The molecule has 0 saturated carbocycles. The van der Waals surface area contributed by atoms with Crippen LogP contribution in [0.15, 0.2) is 17.4 Å². The molecule has 0 heterocycles. The van der Waals surface area contributed by atoms with E-state index in [1.54, 1.807) is 0 Å². The number of aliphatic imine (C=N–C) groups is 1. The number of hydrogen-bond acceptors (Lipinski definition) is 2. The molecule has 0 aromatic rings. The van der Waals surface area contributed by atoms with Crippen LogP contribution in [0.3, 0.4) is 0 Å². The maximum Gasteiger partial charge on any atom is 0.118 e. The van der Waals surface area contributed by atoms with E-state index in [-0.39, 0.29) is 0 Å². The SMILES string of the molecule is C=NC(=C)NC(C)C. The Morgan fingerprint density at radius 1 is 1.62 bits per heavy atom. The van der Waals surface area contributed by atoms with Crippen molar-refractivity contribution in [3.63, 3.8) is 0 Å². The standard InChI is InChI=1S/C6H12N2/c1-5(2)8-6(3)7-4/h5,8H,3-4H2,1-2H3. The van der Waals surface area contributed by atoms with Crippen LogP contribution >= 0.6 is 0 Å². The topological polar surface area (TPSA) is 24.4 Å². The first-order valence-electron chi connectivity index (χ1n) is 2.59. The predicted molar refractivity (Wildman–Crippen MR) is 37.0 cm³/mol. The molecule has 0 aliphatic heterocycles. The molecule has 0 aromatic carbocycles. The fraction of sp³-hybridized carbons (Fsp3) is 0.500. The lowest BCUT2D eigenvalue weighted by Crippen LogP contribution is -2.19. The highest BCUT2D eigenvalue weighted by molar-refractivity contribution is 5.27. The Bertz CT molecular complexity index is 94.7. The second-order valence-corrected chi connectivity index (χ2v) is 1.90. The van der Waals surface area contributed by atoms with E-state index in [0.29, 0.717) is 11.9 Å². The molecule has 0 spiro atoms. The highest BCUT2D eigenvalue weighted by Crippen LogP contribution is 1.85. The molecule has 0 atom stereocenters.